The lowest BCUT2D eigenvalue weighted by molar-refractivity contribution is -0.134. The predicted molar refractivity (Wildman–Crippen MR) is 136 cm³/mol. The molecule has 1 aromatic carbocycles. The van der Waals surface area contributed by atoms with Crippen molar-refractivity contribution in [2.45, 2.75) is 52.1 Å². The van der Waals surface area contributed by atoms with Gasteiger partial charge in [0.15, 0.2) is 6.21 Å². The highest BCUT2D eigenvalue weighted by molar-refractivity contribution is 7.19. The van der Waals surface area contributed by atoms with E-state index in [9.17, 15) is 4.79 Å². The second kappa shape index (κ2) is 9.21. The van der Waals surface area contributed by atoms with Gasteiger partial charge in [-0.05, 0) is 57.6 Å². The monoisotopic (exact) mass is 479 g/mol. The van der Waals surface area contributed by atoms with Crippen molar-refractivity contribution in [3.8, 4) is 5.75 Å². The molecule has 1 saturated heterocycles. The number of nitrogens with zero attached hydrogens (tertiary/aromatic N) is 3. The highest BCUT2D eigenvalue weighted by atomic mass is 32.1. The van der Waals surface area contributed by atoms with Crippen molar-refractivity contribution < 1.29 is 14.9 Å². The number of thiophene rings is 1. The third-order valence-corrected chi connectivity index (χ3v) is 7.76. The highest BCUT2D eigenvalue weighted by Crippen LogP contribution is 2.42. The number of aryl methyl sites for hydroxylation is 1. The van der Waals surface area contributed by atoms with E-state index < -0.39 is 0 Å². The number of likely N-dealkylation sites (tertiary alicyclic amines) is 1. The number of benzene rings is 1. The van der Waals surface area contributed by atoms with Crippen molar-refractivity contribution in [1.29, 1.82) is 0 Å². The molecule has 2 aromatic heterocycles. The van der Waals surface area contributed by atoms with Crippen molar-refractivity contribution in [3.05, 3.63) is 34.5 Å². The van der Waals surface area contributed by atoms with Crippen LogP contribution in [-0.2, 0) is 17.6 Å². The Morgan fingerprint density at radius 2 is 2.12 bits per heavy atom. The molecule has 5 N–H and O–H groups in total. The molecule has 178 valence electrons. The average molecular weight is 480 g/mol. The van der Waals surface area contributed by atoms with Crippen molar-refractivity contribution in [2.75, 3.05) is 24.1 Å². The molecular formula is C25H31N6O2S+. The van der Waals surface area contributed by atoms with E-state index in [1.165, 1.54) is 16.7 Å². The molecule has 2 aliphatic rings. The Bertz CT molecular complexity index is 1250. The van der Waals surface area contributed by atoms with Crippen LogP contribution in [-0.4, -0.2) is 46.2 Å². The third-order valence-electron chi connectivity index (χ3n) is 6.59. The summed E-state index contributed by atoms with van der Waals surface area (Å²) < 4.78 is 6.01. The molecule has 1 aliphatic heterocycles. The minimum Gasteiger partial charge on any atom is -0.489 e. The molecular weight excluding hydrogens is 448 g/mol. The lowest BCUT2D eigenvalue weighted by Crippen LogP contribution is -2.36. The fourth-order valence-electron chi connectivity index (χ4n) is 4.94. The molecule has 0 radical (unpaired) electrons. The number of carbonyl (C=O) groups is 1. The molecule has 34 heavy (non-hydrogen) atoms. The number of rotatable bonds is 6. The number of anilines is 3. The molecule has 0 spiro atoms. The molecule has 3 aromatic rings. The summed E-state index contributed by atoms with van der Waals surface area (Å²) >= 11 is 1.67. The zero-order valence-corrected chi connectivity index (χ0v) is 20.5. The minimum absolute atomic E-state index is 0.0166. The Labute approximate surface area is 203 Å². The van der Waals surface area contributed by atoms with Gasteiger partial charge in [-0.1, -0.05) is 0 Å². The van der Waals surface area contributed by atoms with Crippen LogP contribution >= 0.6 is 11.3 Å². The van der Waals surface area contributed by atoms with Crippen molar-refractivity contribution in [3.63, 3.8) is 0 Å². The molecule has 1 unspecified atom stereocenters. The number of nitrogen functional groups attached to an aromatic ring is 1. The van der Waals surface area contributed by atoms with Gasteiger partial charge in [0.05, 0.1) is 22.7 Å². The number of ether oxygens (including phenoxy) is 1. The largest absolute Gasteiger partial charge is 0.489 e. The van der Waals surface area contributed by atoms with Gasteiger partial charge < -0.3 is 20.7 Å². The second-order valence-electron chi connectivity index (χ2n) is 9.31. The first-order valence-electron chi connectivity index (χ1n) is 11.9. The Hall–Kier alpha value is -3.20. The van der Waals surface area contributed by atoms with Gasteiger partial charge in [0, 0.05) is 35.6 Å². The topological polar surface area (TPSA) is 119 Å². The van der Waals surface area contributed by atoms with Crippen molar-refractivity contribution in [2.24, 2.45) is 5.92 Å². The average Bonchev–Trinajstić information content (AvgIpc) is 3.47. The zero-order chi connectivity index (χ0) is 23.8. The maximum Gasteiger partial charge on any atom is 0.226 e. The molecule has 1 amide bonds. The molecule has 0 bridgehead atoms. The Morgan fingerprint density at radius 3 is 2.85 bits per heavy atom. The van der Waals surface area contributed by atoms with E-state index >= 15 is 0 Å². The number of hydrogen-bond acceptors (Lipinski definition) is 7. The smallest absolute Gasteiger partial charge is 0.226 e. The van der Waals surface area contributed by atoms with Crippen LogP contribution in [0.25, 0.3) is 10.2 Å². The molecule has 1 fully saturated rings. The van der Waals surface area contributed by atoms with E-state index in [1.807, 2.05) is 24.8 Å². The van der Waals surface area contributed by atoms with Gasteiger partial charge in [0.1, 0.15) is 22.7 Å². The van der Waals surface area contributed by atoms with E-state index in [-0.39, 0.29) is 12.0 Å². The Balaban J connectivity index is 1.49. The van der Waals surface area contributed by atoms with E-state index in [4.69, 9.17) is 15.9 Å². The first kappa shape index (κ1) is 22.6. The second-order valence-corrected chi connectivity index (χ2v) is 10.4. The van der Waals surface area contributed by atoms with Crippen LogP contribution in [0.1, 0.15) is 49.1 Å². The maximum absolute atomic E-state index is 13.0. The normalized spacial score (nSPS) is 17.7. The molecule has 9 heteroatoms. The standard InChI is InChI=1S/C25H30N6O2S/c1-14(2)33-20-11-18(27)16(12-26)9-19(20)30-23-22-17-6-5-15(25(32)31-7-3-4-8-31)10-21(17)34-24(22)29-13-28-23/h9,11-15,26H,3-8,10,27H2,1-2H3,(H,28,29,30)/p+1. The van der Waals surface area contributed by atoms with Gasteiger partial charge in [0.2, 0.25) is 5.91 Å². The molecule has 3 heterocycles. The number of fused-ring (bicyclic) bond motifs is 3. The summed E-state index contributed by atoms with van der Waals surface area (Å²) in [7, 11) is 0. The highest BCUT2D eigenvalue weighted by Gasteiger charge is 2.32. The van der Waals surface area contributed by atoms with Crippen LogP contribution in [0.15, 0.2) is 18.5 Å². The molecule has 0 saturated carbocycles. The first-order valence-corrected chi connectivity index (χ1v) is 12.7. The van der Waals surface area contributed by atoms with Gasteiger partial charge in [-0.3, -0.25) is 10.2 Å². The van der Waals surface area contributed by atoms with Crippen LogP contribution in [0.3, 0.4) is 0 Å². The summed E-state index contributed by atoms with van der Waals surface area (Å²) in [5, 5.41) is 10.3. The summed E-state index contributed by atoms with van der Waals surface area (Å²) in [6, 6.07) is 3.67. The van der Waals surface area contributed by atoms with Crippen molar-refractivity contribution in [1.82, 2.24) is 14.9 Å². The SMILES string of the molecule is CC(C)Oc1cc(N)c(C=[NH2+])cc1Nc1ncnc2sc3c(c12)CCC(C(=O)N1CCCC1)C3. The van der Waals surface area contributed by atoms with E-state index in [1.54, 1.807) is 23.7 Å². The number of amides is 1. The number of hydrogen-bond donors (Lipinski definition) is 3. The minimum atomic E-state index is -0.0166. The van der Waals surface area contributed by atoms with Crippen LogP contribution in [0.4, 0.5) is 17.2 Å². The lowest BCUT2D eigenvalue weighted by Gasteiger charge is -2.26. The van der Waals surface area contributed by atoms with E-state index in [0.29, 0.717) is 17.3 Å². The fourth-order valence-corrected chi connectivity index (χ4v) is 6.21. The molecule has 1 aliphatic carbocycles. The maximum atomic E-state index is 13.0. The van der Waals surface area contributed by atoms with Gasteiger partial charge in [-0.25, -0.2) is 9.97 Å². The summed E-state index contributed by atoms with van der Waals surface area (Å²) in [4.78, 5) is 26.3. The Kier molecular flexibility index (Phi) is 6.12. The number of nitrogens with one attached hydrogen (secondary N) is 1. The third kappa shape index (κ3) is 4.20. The predicted octanol–water partition coefficient (Wildman–Crippen LogP) is 2.71. The van der Waals surface area contributed by atoms with Crippen molar-refractivity contribution >= 4 is 50.9 Å². The summed E-state index contributed by atoms with van der Waals surface area (Å²) in [6.45, 7) is 5.75. The molecule has 5 rings (SSSR count). The van der Waals surface area contributed by atoms with Gasteiger partial charge in [0.25, 0.3) is 0 Å². The summed E-state index contributed by atoms with van der Waals surface area (Å²) in [5.74, 6) is 1.75. The van der Waals surface area contributed by atoms with E-state index in [0.717, 1.165) is 72.5 Å². The lowest BCUT2D eigenvalue weighted by atomic mass is 9.87. The quantitative estimate of drug-likeness (QED) is 0.369. The van der Waals surface area contributed by atoms with Gasteiger partial charge in [-0.15, -0.1) is 11.3 Å². The van der Waals surface area contributed by atoms with Crippen LogP contribution in [0.2, 0.25) is 0 Å². The number of aromatic nitrogens is 2. The fraction of sp³-hybridized carbons (Fsp3) is 0.440. The number of nitrogens with two attached hydrogens (primary N) is 2. The van der Waals surface area contributed by atoms with Gasteiger partial charge in [-0.2, -0.15) is 0 Å². The number of carbonyl (C=O) groups excluding carboxylic acids is 1. The van der Waals surface area contributed by atoms with Gasteiger partial charge >= 0.3 is 0 Å². The van der Waals surface area contributed by atoms with Crippen LogP contribution < -0.4 is 21.2 Å². The zero-order valence-electron chi connectivity index (χ0n) is 19.6. The Morgan fingerprint density at radius 1 is 1.32 bits per heavy atom. The van der Waals surface area contributed by atoms with Crippen LogP contribution in [0, 0.1) is 5.92 Å². The summed E-state index contributed by atoms with van der Waals surface area (Å²) in [5.41, 5.74) is 9.42. The van der Waals surface area contributed by atoms with E-state index in [2.05, 4.69) is 15.3 Å². The first-order chi connectivity index (χ1) is 16.4. The molecule has 1 atom stereocenters. The van der Waals surface area contributed by atoms with Crippen LogP contribution in [0.5, 0.6) is 5.75 Å². The summed E-state index contributed by atoms with van der Waals surface area (Å²) in [6.07, 6.45) is 7.77. The molecule has 8 nitrogen and oxygen atoms in total.